The van der Waals surface area contributed by atoms with Gasteiger partial charge in [-0.25, -0.2) is 0 Å². The van der Waals surface area contributed by atoms with Gasteiger partial charge in [-0.3, -0.25) is 0 Å². The standard InChI is InChI=1S/C43H30N2O/c1-43-25-24-28(26-37(43)35-16-7-10-21-40(35)45(43)29-12-3-2-4-13-29)31-17-11-18-34-36-27-30(22-23-41(36)46-42(31)34)44-38-19-8-5-14-32(38)33-15-6-9-20-39(33)44/h2-27,37H,1H3. The summed E-state index contributed by atoms with van der Waals surface area (Å²) < 4.78 is 9.06. The first-order chi connectivity index (χ1) is 22.7. The maximum absolute atomic E-state index is 6.69. The lowest BCUT2D eigenvalue weighted by Gasteiger charge is -2.40. The number of anilines is 2. The van der Waals surface area contributed by atoms with Gasteiger partial charge < -0.3 is 13.9 Å². The van der Waals surface area contributed by atoms with Gasteiger partial charge in [0.2, 0.25) is 0 Å². The summed E-state index contributed by atoms with van der Waals surface area (Å²) >= 11 is 0. The predicted octanol–water partition coefficient (Wildman–Crippen LogP) is 11.3. The van der Waals surface area contributed by atoms with Gasteiger partial charge in [0.1, 0.15) is 11.2 Å². The quantitative estimate of drug-likeness (QED) is 0.204. The van der Waals surface area contributed by atoms with Gasteiger partial charge in [0.25, 0.3) is 0 Å². The molecule has 0 amide bonds. The Kier molecular flexibility index (Phi) is 5.19. The van der Waals surface area contributed by atoms with Crippen molar-refractivity contribution in [2.75, 3.05) is 4.90 Å². The highest BCUT2D eigenvalue weighted by Crippen LogP contribution is 2.55. The summed E-state index contributed by atoms with van der Waals surface area (Å²) in [5.41, 5.74) is 11.3. The molecule has 46 heavy (non-hydrogen) atoms. The molecule has 6 aromatic carbocycles. The van der Waals surface area contributed by atoms with Crippen molar-refractivity contribution < 1.29 is 4.42 Å². The molecule has 2 aromatic heterocycles. The van der Waals surface area contributed by atoms with E-state index in [0.29, 0.717) is 0 Å². The summed E-state index contributed by atoms with van der Waals surface area (Å²) in [7, 11) is 0. The van der Waals surface area contributed by atoms with Crippen LogP contribution in [0.3, 0.4) is 0 Å². The van der Waals surface area contributed by atoms with E-state index in [4.69, 9.17) is 4.42 Å². The number of hydrogen-bond donors (Lipinski definition) is 0. The van der Waals surface area contributed by atoms with Crippen LogP contribution < -0.4 is 4.90 Å². The van der Waals surface area contributed by atoms with E-state index < -0.39 is 0 Å². The Morgan fingerprint density at radius 2 is 1.30 bits per heavy atom. The van der Waals surface area contributed by atoms with Gasteiger partial charge in [-0.05, 0) is 66.6 Å². The number of fused-ring (bicyclic) bond motifs is 9. The first kappa shape index (κ1) is 25.5. The SMILES string of the molecule is CC12C=CC(c3cccc4c3oc3ccc(-n5c6ccccc6c6ccccc65)cc34)=CC1c1ccccc1N2c1ccccc1. The van der Waals surface area contributed by atoms with Crippen molar-refractivity contribution in [2.24, 2.45) is 0 Å². The fourth-order valence-electron chi connectivity index (χ4n) is 8.13. The van der Waals surface area contributed by atoms with Gasteiger partial charge in [-0.2, -0.15) is 0 Å². The Morgan fingerprint density at radius 1 is 0.609 bits per heavy atom. The summed E-state index contributed by atoms with van der Waals surface area (Å²) in [6.07, 6.45) is 7.14. The first-order valence-electron chi connectivity index (χ1n) is 16.0. The smallest absolute Gasteiger partial charge is 0.143 e. The molecule has 0 N–H and O–H groups in total. The summed E-state index contributed by atoms with van der Waals surface area (Å²) in [6, 6.07) is 50.1. The molecule has 3 heteroatoms. The van der Waals surface area contributed by atoms with Crippen molar-refractivity contribution in [3.8, 4) is 5.69 Å². The second kappa shape index (κ2) is 9.35. The zero-order chi connectivity index (χ0) is 30.4. The van der Waals surface area contributed by atoms with Crippen molar-refractivity contribution in [3.63, 3.8) is 0 Å². The average Bonchev–Trinajstić information content (AvgIpc) is 3.73. The Labute approximate surface area is 266 Å². The molecule has 218 valence electrons. The third-order valence-electron chi connectivity index (χ3n) is 10.2. The molecule has 10 rings (SSSR count). The normalized spacial score (nSPS) is 18.8. The molecule has 0 spiro atoms. The number of para-hydroxylation sites is 5. The Bertz CT molecular complexity index is 2510. The lowest BCUT2D eigenvalue weighted by atomic mass is 9.77. The number of allylic oxidation sites excluding steroid dienone is 2. The van der Waals surface area contributed by atoms with Crippen molar-refractivity contribution in [3.05, 3.63) is 169 Å². The number of benzene rings is 6. The molecule has 2 aliphatic rings. The Hall–Kier alpha value is -5.80. The molecule has 0 fully saturated rings. The highest BCUT2D eigenvalue weighted by molar-refractivity contribution is 6.12. The number of hydrogen-bond acceptors (Lipinski definition) is 2. The highest BCUT2D eigenvalue weighted by Gasteiger charge is 2.47. The van der Waals surface area contributed by atoms with E-state index in [9.17, 15) is 0 Å². The molecule has 1 aliphatic heterocycles. The topological polar surface area (TPSA) is 21.3 Å². The van der Waals surface area contributed by atoms with Crippen LogP contribution in [0.5, 0.6) is 0 Å². The van der Waals surface area contributed by atoms with Crippen LogP contribution in [0.1, 0.15) is 24.0 Å². The second-order valence-electron chi connectivity index (χ2n) is 12.7. The fraction of sp³-hybridized carbons (Fsp3) is 0.0698. The number of aromatic nitrogens is 1. The third-order valence-corrected chi connectivity index (χ3v) is 10.2. The van der Waals surface area contributed by atoms with Gasteiger partial charge in [-0.15, -0.1) is 0 Å². The van der Waals surface area contributed by atoms with Gasteiger partial charge >= 0.3 is 0 Å². The molecule has 0 saturated carbocycles. The molecule has 2 atom stereocenters. The lowest BCUT2D eigenvalue weighted by molar-refractivity contribution is 0.543. The van der Waals surface area contributed by atoms with Crippen LogP contribution in [0, 0.1) is 0 Å². The predicted molar refractivity (Wildman–Crippen MR) is 191 cm³/mol. The molecule has 0 radical (unpaired) electrons. The highest BCUT2D eigenvalue weighted by atomic mass is 16.3. The maximum Gasteiger partial charge on any atom is 0.143 e. The minimum atomic E-state index is -0.215. The Balaban J connectivity index is 1.13. The fourth-order valence-corrected chi connectivity index (χ4v) is 8.13. The summed E-state index contributed by atoms with van der Waals surface area (Å²) in [4.78, 5) is 2.49. The van der Waals surface area contributed by atoms with Crippen molar-refractivity contribution in [2.45, 2.75) is 18.4 Å². The largest absolute Gasteiger partial charge is 0.455 e. The van der Waals surface area contributed by atoms with Crippen molar-refractivity contribution >= 4 is 60.7 Å². The van der Waals surface area contributed by atoms with Crippen LogP contribution in [0.2, 0.25) is 0 Å². The molecule has 3 heterocycles. The van der Waals surface area contributed by atoms with Gasteiger partial charge in [0.05, 0.1) is 16.6 Å². The minimum absolute atomic E-state index is 0.199. The van der Waals surface area contributed by atoms with Crippen LogP contribution in [0.15, 0.2) is 162 Å². The summed E-state index contributed by atoms with van der Waals surface area (Å²) in [6.45, 7) is 2.35. The molecule has 2 unspecified atom stereocenters. The van der Waals surface area contributed by atoms with Gasteiger partial charge in [0.15, 0.2) is 0 Å². The first-order valence-corrected chi connectivity index (χ1v) is 16.0. The molecule has 1 aliphatic carbocycles. The molecule has 0 saturated heterocycles. The van der Waals surface area contributed by atoms with E-state index in [1.165, 1.54) is 44.3 Å². The van der Waals surface area contributed by atoms with Crippen molar-refractivity contribution in [1.29, 1.82) is 0 Å². The summed E-state index contributed by atoms with van der Waals surface area (Å²) in [5.74, 6) is 0.199. The summed E-state index contributed by atoms with van der Waals surface area (Å²) in [5, 5.41) is 4.79. The average molecular weight is 591 g/mol. The zero-order valence-corrected chi connectivity index (χ0v) is 25.4. The van der Waals surface area contributed by atoms with Gasteiger partial charge in [-0.1, -0.05) is 109 Å². The van der Waals surface area contributed by atoms with Gasteiger partial charge in [0, 0.05) is 50.1 Å². The maximum atomic E-state index is 6.69. The zero-order valence-electron chi connectivity index (χ0n) is 25.4. The second-order valence-corrected chi connectivity index (χ2v) is 12.7. The number of furan rings is 1. The number of nitrogens with zero attached hydrogens (tertiary/aromatic N) is 2. The van der Waals surface area contributed by atoms with E-state index in [2.05, 4.69) is 174 Å². The minimum Gasteiger partial charge on any atom is -0.455 e. The van der Waals surface area contributed by atoms with Crippen LogP contribution in [0.25, 0.3) is 55.0 Å². The van der Waals surface area contributed by atoms with E-state index in [0.717, 1.165) is 33.2 Å². The molecular weight excluding hydrogens is 560 g/mol. The third kappa shape index (κ3) is 3.43. The van der Waals surface area contributed by atoms with Crippen molar-refractivity contribution in [1.82, 2.24) is 4.57 Å². The lowest BCUT2D eigenvalue weighted by Crippen LogP contribution is -2.42. The monoisotopic (exact) mass is 590 g/mol. The van der Waals surface area contributed by atoms with E-state index in [1.54, 1.807) is 0 Å². The molecule has 3 nitrogen and oxygen atoms in total. The Morgan fingerprint density at radius 3 is 2.11 bits per heavy atom. The van der Waals surface area contributed by atoms with Crippen LogP contribution in [-0.4, -0.2) is 10.1 Å². The number of rotatable bonds is 3. The van der Waals surface area contributed by atoms with Crippen LogP contribution in [0.4, 0.5) is 11.4 Å². The van der Waals surface area contributed by atoms with E-state index in [1.807, 2.05) is 0 Å². The van der Waals surface area contributed by atoms with E-state index in [-0.39, 0.29) is 11.5 Å². The van der Waals surface area contributed by atoms with Crippen LogP contribution >= 0.6 is 0 Å². The van der Waals surface area contributed by atoms with Crippen LogP contribution in [-0.2, 0) is 0 Å². The molecular formula is C43H30N2O. The molecule has 8 aromatic rings. The van der Waals surface area contributed by atoms with E-state index >= 15 is 0 Å². The molecule has 0 bridgehead atoms.